The second kappa shape index (κ2) is 9.14. The van der Waals surface area contributed by atoms with Gasteiger partial charge in [-0.3, -0.25) is 5.32 Å². The first-order chi connectivity index (χ1) is 9.69. The van der Waals surface area contributed by atoms with E-state index in [1.54, 1.807) is 6.92 Å². The van der Waals surface area contributed by atoms with Gasteiger partial charge in [0.2, 0.25) is 0 Å². The quantitative estimate of drug-likeness (QED) is 0.379. The first kappa shape index (κ1) is 16.2. The Morgan fingerprint density at radius 2 is 2.05 bits per heavy atom. The van der Waals surface area contributed by atoms with Crippen LogP contribution in [0.4, 0.5) is 10.5 Å². The molecule has 1 rings (SSSR count). The molecule has 1 amide bonds. The average Bonchev–Trinajstić information content (AvgIpc) is 2.46. The number of nitrogens with one attached hydrogen (secondary N) is 1. The van der Waals surface area contributed by atoms with Gasteiger partial charge in [-0.1, -0.05) is 6.92 Å². The zero-order chi connectivity index (χ0) is 14.8. The largest absolute Gasteiger partial charge is 0.450 e. The molecule has 0 aliphatic carbocycles. The number of thioether (sulfide) groups is 1. The number of amides is 1. The van der Waals surface area contributed by atoms with Crippen molar-refractivity contribution in [2.45, 2.75) is 25.2 Å². The maximum absolute atomic E-state index is 11.3. The monoisotopic (exact) mass is 294 g/mol. The highest BCUT2D eigenvalue weighted by Gasteiger charge is 2.04. The van der Waals surface area contributed by atoms with Crippen molar-refractivity contribution in [1.29, 1.82) is 0 Å². The van der Waals surface area contributed by atoms with E-state index >= 15 is 0 Å². The molecule has 1 N–H and O–H groups in total. The number of aliphatic imine (C=N–C) groups is 1. The lowest BCUT2D eigenvalue weighted by Gasteiger charge is -2.07. The van der Waals surface area contributed by atoms with Crippen molar-refractivity contribution in [3.05, 3.63) is 24.3 Å². The summed E-state index contributed by atoms with van der Waals surface area (Å²) in [6, 6.07) is 7.47. The topological polar surface area (TPSA) is 67.8 Å². The molecule has 0 unspecified atom stereocenters. The normalized spacial score (nSPS) is 11.0. The van der Waals surface area contributed by atoms with Crippen LogP contribution in [0.15, 0.2) is 34.2 Å². The van der Waals surface area contributed by atoms with Crippen LogP contribution < -0.4 is 5.32 Å². The summed E-state index contributed by atoms with van der Waals surface area (Å²) < 4.78 is 4.81. The molecular formula is C14H18N2O3S. The molecule has 0 saturated carbocycles. The van der Waals surface area contributed by atoms with Crippen LogP contribution in [0, 0.1) is 0 Å². The lowest BCUT2D eigenvalue weighted by molar-refractivity contribution is -0.105. The zero-order valence-corrected chi connectivity index (χ0v) is 12.4. The predicted octanol–water partition coefficient (Wildman–Crippen LogP) is 3.16. The van der Waals surface area contributed by atoms with Gasteiger partial charge in [-0.25, -0.2) is 9.79 Å². The van der Waals surface area contributed by atoms with E-state index in [-0.39, 0.29) is 0 Å². The van der Waals surface area contributed by atoms with Crippen molar-refractivity contribution in [1.82, 2.24) is 5.32 Å². The molecule has 20 heavy (non-hydrogen) atoms. The highest BCUT2D eigenvalue weighted by Crippen LogP contribution is 2.21. The molecule has 0 atom stereocenters. The zero-order valence-electron chi connectivity index (χ0n) is 11.6. The summed E-state index contributed by atoms with van der Waals surface area (Å²) in [6.45, 7) is 3.98. The number of carbonyl (C=O) groups excluding carboxylic acids is 2. The lowest BCUT2D eigenvalue weighted by atomic mass is 10.3. The van der Waals surface area contributed by atoms with E-state index in [0.717, 1.165) is 16.9 Å². The Bertz CT molecular complexity index is 472. The maximum Gasteiger partial charge on any atom is 0.412 e. The summed E-state index contributed by atoms with van der Waals surface area (Å²) >= 11 is 1.46. The lowest BCUT2D eigenvalue weighted by Crippen LogP contribution is -2.30. The van der Waals surface area contributed by atoms with Crippen LogP contribution in [0.1, 0.15) is 20.3 Å². The van der Waals surface area contributed by atoms with Gasteiger partial charge < -0.3 is 9.53 Å². The van der Waals surface area contributed by atoms with Gasteiger partial charge in [-0.05, 0) is 31.2 Å². The summed E-state index contributed by atoms with van der Waals surface area (Å²) in [4.78, 5) is 27.0. The van der Waals surface area contributed by atoms with Crippen LogP contribution in [0.25, 0.3) is 0 Å². The minimum atomic E-state index is -0.494. The molecule has 0 spiro atoms. The molecule has 1 aromatic rings. The third-order valence-electron chi connectivity index (χ3n) is 2.28. The third-order valence-corrected chi connectivity index (χ3v) is 3.18. The standard InChI is InChI=1S/C14H18N2O3S/c1-3-13(16-14(18)19-4-2)15-11-5-7-12(8-6-11)20-10-9-17/h5-9H,3-4,10H2,1-2H3,(H,15,16,18). The highest BCUT2D eigenvalue weighted by atomic mass is 32.2. The second-order valence-corrected chi connectivity index (χ2v) is 4.82. The van der Waals surface area contributed by atoms with Gasteiger partial charge in [0.05, 0.1) is 18.0 Å². The minimum absolute atomic E-state index is 0.325. The number of benzene rings is 1. The number of carbonyl (C=O) groups is 2. The van der Waals surface area contributed by atoms with Crippen LogP contribution in [0.2, 0.25) is 0 Å². The van der Waals surface area contributed by atoms with E-state index in [4.69, 9.17) is 4.74 Å². The van der Waals surface area contributed by atoms with E-state index in [1.807, 2.05) is 31.2 Å². The summed E-state index contributed by atoms with van der Waals surface area (Å²) in [5.41, 5.74) is 0.745. The Labute approximate surface area is 122 Å². The van der Waals surface area contributed by atoms with Gasteiger partial charge in [0.1, 0.15) is 12.1 Å². The number of aldehydes is 1. The molecule has 6 heteroatoms. The molecule has 0 saturated heterocycles. The minimum Gasteiger partial charge on any atom is -0.450 e. The molecule has 0 fully saturated rings. The van der Waals surface area contributed by atoms with Gasteiger partial charge in [0, 0.05) is 11.3 Å². The fraction of sp³-hybridized carbons (Fsp3) is 0.357. The fourth-order valence-electron chi connectivity index (χ4n) is 1.38. The molecule has 0 bridgehead atoms. The third kappa shape index (κ3) is 5.88. The molecule has 0 radical (unpaired) electrons. The smallest absolute Gasteiger partial charge is 0.412 e. The van der Waals surface area contributed by atoms with Crippen LogP contribution in [0.3, 0.4) is 0 Å². The number of nitrogens with zero attached hydrogens (tertiary/aromatic N) is 1. The van der Waals surface area contributed by atoms with E-state index < -0.39 is 6.09 Å². The fourth-order valence-corrected chi connectivity index (χ4v) is 1.97. The number of rotatable bonds is 6. The first-order valence-electron chi connectivity index (χ1n) is 6.37. The number of hydrogen-bond acceptors (Lipinski definition) is 5. The van der Waals surface area contributed by atoms with Crippen molar-refractivity contribution in [3.8, 4) is 0 Å². The molecule has 0 aromatic heterocycles. The van der Waals surface area contributed by atoms with Gasteiger partial charge >= 0.3 is 6.09 Å². The van der Waals surface area contributed by atoms with Crippen LogP contribution in [0.5, 0.6) is 0 Å². The van der Waals surface area contributed by atoms with Gasteiger partial charge in [0.15, 0.2) is 0 Å². The summed E-state index contributed by atoms with van der Waals surface area (Å²) in [7, 11) is 0. The Morgan fingerprint density at radius 3 is 2.60 bits per heavy atom. The maximum atomic E-state index is 11.3. The Morgan fingerprint density at radius 1 is 1.35 bits per heavy atom. The van der Waals surface area contributed by atoms with E-state index in [1.165, 1.54) is 11.8 Å². The number of amidine groups is 1. The molecule has 5 nitrogen and oxygen atoms in total. The number of alkyl carbamates (subject to hydrolysis) is 1. The van der Waals surface area contributed by atoms with E-state index in [2.05, 4.69) is 10.3 Å². The van der Waals surface area contributed by atoms with E-state index in [0.29, 0.717) is 24.6 Å². The highest BCUT2D eigenvalue weighted by molar-refractivity contribution is 7.99. The number of ether oxygens (including phenoxy) is 1. The SMILES string of the molecule is CCOC(=O)NC(CC)=Nc1ccc(SCC=O)cc1. The summed E-state index contributed by atoms with van der Waals surface area (Å²) in [5, 5.41) is 2.60. The van der Waals surface area contributed by atoms with Gasteiger partial charge in [-0.2, -0.15) is 0 Å². The molecular weight excluding hydrogens is 276 g/mol. The molecule has 108 valence electrons. The Balaban J connectivity index is 2.69. The van der Waals surface area contributed by atoms with Crippen LogP contribution in [-0.2, 0) is 9.53 Å². The molecule has 0 heterocycles. The van der Waals surface area contributed by atoms with Gasteiger partial charge in [0.25, 0.3) is 0 Å². The first-order valence-corrected chi connectivity index (χ1v) is 7.36. The van der Waals surface area contributed by atoms with Crippen molar-refractivity contribution in [3.63, 3.8) is 0 Å². The molecule has 0 aliphatic rings. The van der Waals surface area contributed by atoms with Crippen molar-refractivity contribution in [2.75, 3.05) is 12.4 Å². The number of hydrogen-bond donors (Lipinski definition) is 1. The Kier molecular flexibility index (Phi) is 7.42. The molecule has 0 aliphatic heterocycles. The van der Waals surface area contributed by atoms with Crippen molar-refractivity contribution < 1.29 is 14.3 Å². The van der Waals surface area contributed by atoms with Crippen LogP contribution >= 0.6 is 11.8 Å². The average molecular weight is 294 g/mol. The Hall–Kier alpha value is -1.82. The van der Waals surface area contributed by atoms with Crippen molar-refractivity contribution >= 4 is 35.7 Å². The van der Waals surface area contributed by atoms with E-state index in [9.17, 15) is 9.59 Å². The predicted molar refractivity (Wildman–Crippen MR) is 80.8 cm³/mol. The second-order valence-electron chi connectivity index (χ2n) is 3.73. The summed E-state index contributed by atoms with van der Waals surface area (Å²) in [5.74, 6) is 0.990. The molecule has 1 aromatic carbocycles. The van der Waals surface area contributed by atoms with Crippen molar-refractivity contribution in [2.24, 2.45) is 4.99 Å². The van der Waals surface area contributed by atoms with Crippen LogP contribution in [-0.4, -0.2) is 30.6 Å². The summed E-state index contributed by atoms with van der Waals surface area (Å²) in [6.07, 6.45) is 0.974. The van der Waals surface area contributed by atoms with Gasteiger partial charge in [-0.15, -0.1) is 11.8 Å².